The fourth-order valence-corrected chi connectivity index (χ4v) is 2.75. The average molecular weight is 302 g/mol. The Kier molecular flexibility index (Phi) is 6.77. The summed E-state index contributed by atoms with van der Waals surface area (Å²) < 4.78 is 36.4. The number of rotatable bonds is 9. The quantitative estimate of drug-likeness (QED) is 0.658. The van der Waals surface area contributed by atoms with Gasteiger partial charge in [-0.1, -0.05) is 6.07 Å². The minimum atomic E-state index is -3.25. The van der Waals surface area contributed by atoms with Crippen LogP contribution in [0.25, 0.3) is 0 Å². The summed E-state index contributed by atoms with van der Waals surface area (Å²) in [4.78, 5) is 0. The lowest BCUT2D eigenvalue weighted by atomic mass is 10.2. The molecule has 0 saturated carbocycles. The van der Waals surface area contributed by atoms with Crippen molar-refractivity contribution in [1.82, 2.24) is 10.0 Å². The van der Waals surface area contributed by atoms with Crippen LogP contribution in [-0.2, 0) is 16.6 Å². The monoisotopic (exact) mass is 302 g/mol. The molecule has 0 fully saturated rings. The first kappa shape index (κ1) is 16.7. The van der Waals surface area contributed by atoms with Gasteiger partial charge in [-0.25, -0.2) is 13.1 Å². The highest BCUT2D eigenvalue weighted by molar-refractivity contribution is 7.89. The van der Waals surface area contributed by atoms with Gasteiger partial charge in [0, 0.05) is 6.54 Å². The summed E-state index contributed by atoms with van der Waals surface area (Å²) in [5, 5.41) is 2.92. The summed E-state index contributed by atoms with van der Waals surface area (Å²) in [5.74, 6) is 1.31. The van der Waals surface area contributed by atoms with Gasteiger partial charge in [-0.05, 0) is 37.7 Å². The standard InChI is InChI=1S/C13H22N2O4S/c1-14-7-4-8-20(16,17)15-10-11-5-6-12(18-2)13(9-11)19-3/h5-6,9,14-15H,4,7-8,10H2,1-3H3. The molecule has 1 rings (SSSR count). The third kappa shape index (κ3) is 5.36. The maximum absolute atomic E-state index is 11.8. The lowest BCUT2D eigenvalue weighted by molar-refractivity contribution is 0.354. The molecule has 0 aliphatic heterocycles. The molecule has 1 aromatic rings. The van der Waals surface area contributed by atoms with Crippen molar-refractivity contribution in [2.75, 3.05) is 33.6 Å². The highest BCUT2D eigenvalue weighted by Gasteiger charge is 2.10. The van der Waals surface area contributed by atoms with Gasteiger partial charge in [-0.15, -0.1) is 0 Å². The van der Waals surface area contributed by atoms with E-state index in [-0.39, 0.29) is 12.3 Å². The molecule has 0 saturated heterocycles. The van der Waals surface area contributed by atoms with Gasteiger partial charge in [0.1, 0.15) is 0 Å². The summed E-state index contributed by atoms with van der Waals surface area (Å²) >= 11 is 0. The van der Waals surface area contributed by atoms with Crippen molar-refractivity contribution in [3.05, 3.63) is 23.8 Å². The molecule has 1 aromatic carbocycles. The van der Waals surface area contributed by atoms with Crippen molar-refractivity contribution >= 4 is 10.0 Å². The summed E-state index contributed by atoms with van der Waals surface area (Å²) in [6.45, 7) is 0.916. The van der Waals surface area contributed by atoms with E-state index in [0.717, 1.165) is 5.56 Å². The van der Waals surface area contributed by atoms with Crippen molar-refractivity contribution in [3.63, 3.8) is 0 Å². The van der Waals surface area contributed by atoms with Crippen LogP contribution in [0.4, 0.5) is 0 Å². The van der Waals surface area contributed by atoms with Gasteiger partial charge in [0.15, 0.2) is 11.5 Å². The van der Waals surface area contributed by atoms with E-state index < -0.39 is 10.0 Å². The normalized spacial score (nSPS) is 11.3. The first-order chi connectivity index (χ1) is 9.52. The van der Waals surface area contributed by atoms with Gasteiger partial charge in [0.25, 0.3) is 0 Å². The van der Waals surface area contributed by atoms with E-state index in [4.69, 9.17) is 9.47 Å². The number of nitrogens with one attached hydrogen (secondary N) is 2. The topological polar surface area (TPSA) is 76.7 Å². The molecule has 114 valence electrons. The van der Waals surface area contributed by atoms with E-state index in [1.807, 2.05) is 0 Å². The number of hydrogen-bond acceptors (Lipinski definition) is 5. The Bertz CT molecular complexity index is 517. The van der Waals surface area contributed by atoms with Gasteiger partial charge in [-0.3, -0.25) is 0 Å². The number of benzene rings is 1. The summed E-state index contributed by atoms with van der Waals surface area (Å²) in [6, 6.07) is 5.32. The second-order valence-corrected chi connectivity index (χ2v) is 6.21. The molecule has 0 amide bonds. The average Bonchev–Trinajstić information content (AvgIpc) is 2.45. The fraction of sp³-hybridized carbons (Fsp3) is 0.538. The molecule has 0 radical (unpaired) electrons. The Balaban J connectivity index is 2.61. The number of hydrogen-bond donors (Lipinski definition) is 2. The molecule has 7 heteroatoms. The minimum Gasteiger partial charge on any atom is -0.493 e. The summed E-state index contributed by atoms with van der Waals surface area (Å²) in [5.41, 5.74) is 0.819. The first-order valence-electron chi connectivity index (χ1n) is 6.35. The van der Waals surface area contributed by atoms with E-state index in [2.05, 4.69) is 10.0 Å². The van der Waals surface area contributed by atoms with Gasteiger partial charge in [0.2, 0.25) is 10.0 Å². The molecule has 0 unspecified atom stereocenters. The fourth-order valence-electron chi connectivity index (χ4n) is 1.70. The zero-order valence-electron chi connectivity index (χ0n) is 12.1. The SMILES string of the molecule is CNCCCS(=O)(=O)NCc1ccc(OC)c(OC)c1. The van der Waals surface area contributed by atoms with E-state index in [1.165, 1.54) is 0 Å². The van der Waals surface area contributed by atoms with Crippen LogP contribution >= 0.6 is 0 Å². The molecule has 0 atom stereocenters. The molecular formula is C13H22N2O4S. The zero-order chi connectivity index (χ0) is 15.0. The van der Waals surface area contributed by atoms with Crippen LogP contribution in [0, 0.1) is 0 Å². The summed E-state index contributed by atoms with van der Waals surface area (Å²) in [7, 11) is 1.65. The highest BCUT2D eigenvalue weighted by Crippen LogP contribution is 2.27. The molecule has 0 heterocycles. The van der Waals surface area contributed by atoms with Crippen LogP contribution in [0.3, 0.4) is 0 Å². The second kappa shape index (κ2) is 8.08. The van der Waals surface area contributed by atoms with Crippen molar-refractivity contribution < 1.29 is 17.9 Å². The van der Waals surface area contributed by atoms with Gasteiger partial charge in [-0.2, -0.15) is 0 Å². The Morgan fingerprint density at radius 1 is 1.15 bits per heavy atom. The third-order valence-electron chi connectivity index (χ3n) is 2.78. The zero-order valence-corrected chi connectivity index (χ0v) is 12.9. The van der Waals surface area contributed by atoms with E-state index in [9.17, 15) is 8.42 Å². The van der Waals surface area contributed by atoms with Gasteiger partial charge < -0.3 is 14.8 Å². The predicted octanol–water partition coefficient (Wildman–Crippen LogP) is 0.733. The van der Waals surface area contributed by atoms with Crippen LogP contribution in [0.2, 0.25) is 0 Å². The number of methoxy groups -OCH3 is 2. The second-order valence-electron chi connectivity index (χ2n) is 4.29. The molecule has 20 heavy (non-hydrogen) atoms. The maximum atomic E-state index is 11.8. The molecule has 2 N–H and O–H groups in total. The van der Waals surface area contributed by atoms with E-state index in [1.54, 1.807) is 39.5 Å². The number of sulfonamides is 1. The van der Waals surface area contributed by atoms with E-state index in [0.29, 0.717) is 24.5 Å². The van der Waals surface area contributed by atoms with Crippen molar-refractivity contribution in [3.8, 4) is 11.5 Å². The Morgan fingerprint density at radius 2 is 1.85 bits per heavy atom. The van der Waals surface area contributed by atoms with E-state index >= 15 is 0 Å². The Hall–Kier alpha value is -1.31. The van der Waals surface area contributed by atoms with Crippen molar-refractivity contribution in [2.45, 2.75) is 13.0 Å². The van der Waals surface area contributed by atoms with Gasteiger partial charge >= 0.3 is 0 Å². The molecule has 0 bridgehead atoms. The highest BCUT2D eigenvalue weighted by atomic mass is 32.2. The predicted molar refractivity (Wildman–Crippen MR) is 78.7 cm³/mol. The summed E-state index contributed by atoms with van der Waals surface area (Å²) in [6.07, 6.45) is 0.581. The molecule has 0 aliphatic rings. The molecule has 0 spiro atoms. The minimum absolute atomic E-state index is 0.112. The van der Waals surface area contributed by atoms with Crippen LogP contribution in [0.15, 0.2) is 18.2 Å². The Morgan fingerprint density at radius 3 is 2.45 bits per heavy atom. The molecular weight excluding hydrogens is 280 g/mol. The van der Waals surface area contributed by atoms with Crippen LogP contribution in [-0.4, -0.2) is 42.0 Å². The van der Waals surface area contributed by atoms with Crippen LogP contribution < -0.4 is 19.5 Å². The van der Waals surface area contributed by atoms with Crippen LogP contribution in [0.1, 0.15) is 12.0 Å². The first-order valence-corrected chi connectivity index (χ1v) is 8.00. The lowest BCUT2D eigenvalue weighted by Gasteiger charge is -2.10. The molecule has 0 aromatic heterocycles. The number of ether oxygens (including phenoxy) is 2. The molecule has 0 aliphatic carbocycles. The van der Waals surface area contributed by atoms with Crippen molar-refractivity contribution in [2.24, 2.45) is 0 Å². The smallest absolute Gasteiger partial charge is 0.211 e. The maximum Gasteiger partial charge on any atom is 0.211 e. The van der Waals surface area contributed by atoms with Crippen molar-refractivity contribution in [1.29, 1.82) is 0 Å². The van der Waals surface area contributed by atoms with Crippen LogP contribution in [0.5, 0.6) is 11.5 Å². The Labute approximate surface area is 120 Å². The lowest BCUT2D eigenvalue weighted by Crippen LogP contribution is -2.27. The third-order valence-corrected chi connectivity index (χ3v) is 4.19. The largest absolute Gasteiger partial charge is 0.493 e. The van der Waals surface area contributed by atoms with Gasteiger partial charge in [0.05, 0.1) is 20.0 Å². The molecule has 6 nitrogen and oxygen atoms in total.